The molecule has 10 rings (SSSR count). The van der Waals surface area contributed by atoms with Gasteiger partial charge in [0.1, 0.15) is 0 Å². The van der Waals surface area contributed by atoms with Crippen molar-refractivity contribution in [3.8, 4) is 33.6 Å². The SMILES string of the molecule is [2H]c1c([2H])c([2H])c(-c2c([2H])c([2H])c(-c3c([2H])c([2H])c([2H])c(-n4c5c([2H])c([2H])c([2H])c([2H])c5c5c6c7c([2H])c([2H])c([2H])c([2H])c7n(-c7c([2H])c([2H])c8c([2H])c(C)c([2H])c([2H])c8c7[2H])c6c([2H])c([2H])c54)c3[2H])c([2H])c2[2H])c([2H])c1[2H]. The minimum Gasteiger partial charge on any atom is -0.309 e. The molecule has 0 saturated carbocycles. The van der Waals surface area contributed by atoms with Gasteiger partial charge in [0.25, 0.3) is 0 Å². The summed E-state index contributed by atoms with van der Waals surface area (Å²) in [5.74, 6) is 0. The van der Waals surface area contributed by atoms with E-state index in [9.17, 15) is 16.4 Å². The highest BCUT2D eigenvalue weighted by Gasteiger charge is 2.20. The molecule has 0 N–H and O–H groups in total. The molecule has 0 atom stereocenters. The van der Waals surface area contributed by atoms with E-state index in [1.54, 1.807) is 0 Å². The fourth-order valence-corrected chi connectivity index (χ4v) is 5.86. The Bertz CT molecular complexity index is 4490. The Morgan fingerprint density at radius 3 is 1.55 bits per heavy atom. The number of hydrogen-bond donors (Lipinski definition) is 0. The number of benzene rings is 8. The van der Waals surface area contributed by atoms with Crippen LogP contribution in [-0.4, -0.2) is 9.13 Å². The van der Waals surface area contributed by atoms with E-state index < -0.39 is 258 Å². The molecule has 0 aliphatic rings. The molecule has 10 aromatic rings. The molecule has 0 unspecified atom stereocenters. The Kier molecular flexibility index (Phi) is 2.51. The van der Waals surface area contributed by atoms with Gasteiger partial charge in [-0.25, -0.2) is 0 Å². The molecule has 0 aliphatic carbocycles. The van der Waals surface area contributed by atoms with Crippen LogP contribution in [0.15, 0.2) is 175 Å². The molecule has 0 saturated heterocycles. The van der Waals surface area contributed by atoms with Gasteiger partial charge in [-0.2, -0.15) is 0 Å². The van der Waals surface area contributed by atoms with Crippen LogP contribution in [0.2, 0.25) is 0 Å². The summed E-state index contributed by atoms with van der Waals surface area (Å²) in [5.41, 5.74) is -7.60. The molecular weight excluding hydrogens is 593 g/mol. The first-order chi connectivity index (χ1) is 36.3. The maximum atomic E-state index is 9.82. The van der Waals surface area contributed by atoms with Crippen molar-refractivity contribution in [3.05, 3.63) is 181 Å². The summed E-state index contributed by atoms with van der Waals surface area (Å²) in [6.07, 6.45) is 0. The van der Waals surface area contributed by atoms with Gasteiger partial charge < -0.3 is 9.13 Å². The van der Waals surface area contributed by atoms with E-state index in [-0.39, 0.29) is 10.9 Å². The third-order valence-electron chi connectivity index (χ3n) is 7.92. The maximum Gasteiger partial charge on any atom is 0.0651 e. The Morgan fingerprint density at radius 2 is 0.878 bits per heavy atom. The molecule has 49 heavy (non-hydrogen) atoms. The molecule has 2 aromatic heterocycles. The molecular formula is C47H32N2. The van der Waals surface area contributed by atoms with Crippen LogP contribution < -0.4 is 0 Å². The molecule has 2 heterocycles. The summed E-state index contributed by atoms with van der Waals surface area (Å²) in [5, 5.41) is -3.05. The molecule has 0 amide bonds. The highest BCUT2D eigenvalue weighted by molar-refractivity contribution is 6.29. The minimum atomic E-state index is -1.10. The van der Waals surface area contributed by atoms with E-state index in [4.69, 9.17) is 23.3 Å². The van der Waals surface area contributed by atoms with E-state index >= 15 is 0 Å². The van der Waals surface area contributed by atoms with Gasteiger partial charge in [0.15, 0.2) is 0 Å². The lowest BCUT2D eigenvalue weighted by Gasteiger charge is -2.12. The third-order valence-corrected chi connectivity index (χ3v) is 7.92. The number of hydrogen-bond acceptors (Lipinski definition) is 0. The summed E-state index contributed by atoms with van der Waals surface area (Å²) in [4.78, 5) is 0. The average Bonchev–Trinajstić information content (AvgIpc) is 4.07. The van der Waals surface area contributed by atoms with E-state index in [2.05, 4.69) is 0 Å². The number of para-hydroxylation sites is 2. The summed E-state index contributed by atoms with van der Waals surface area (Å²) >= 11 is 0. The summed E-state index contributed by atoms with van der Waals surface area (Å²) in [6.45, 7) is 1.33. The maximum absolute atomic E-state index is 9.82. The second kappa shape index (κ2) is 10.8. The van der Waals surface area contributed by atoms with Crippen molar-refractivity contribution in [3.63, 3.8) is 0 Å². The number of nitrogens with zero attached hydrogens (tertiary/aromatic N) is 2. The zero-order chi connectivity index (χ0) is 57.7. The average molecular weight is 654 g/mol. The Morgan fingerprint density at radius 1 is 0.367 bits per heavy atom. The highest BCUT2D eigenvalue weighted by Crippen LogP contribution is 2.42. The van der Waals surface area contributed by atoms with Crippen molar-refractivity contribution in [2.45, 2.75) is 6.92 Å². The topological polar surface area (TPSA) is 9.86 Å². The van der Waals surface area contributed by atoms with Crippen LogP contribution in [0, 0.1) is 6.92 Å². The molecule has 0 radical (unpaired) electrons. The first kappa shape index (κ1) is 11.4. The van der Waals surface area contributed by atoms with Crippen LogP contribution in [0.5, 0.6) is 0 Å². The lowest BCUT2D eigenvalue weighted by Crippen LogP contribution is -1.95. The summed E-state index contributed by atoms with van der Waals surface area (Å²) in [6, 6.07) is -26.2. The first-order valence-electron chi connectivity index (χ1n) is 29.1. The fourth-order valence-electron chi connectivity index (χ4n) is 5.86. The minimum absolute atomic E-state index is 0.0598. The van der Waals surface area contributed by atoms with Gasteiger partial charge in [0.05, 0.1) is 61.8 Å². The van der Waals surface area contributed by atoms with E-state index in [0.717, 1.165) is 4.57 Å². The van der Waals surface area contributed by atoms with Gasteiger partial charge in [0, 0.05) is 32.9 Å². The molecule has 0 bridgehead atoms. The Labute approximate surface area is 325 Å². The van der Waals surface area contributed by atoms with Gasteiger partial charge in [0.2, 0.25) is 0 Å². The molecule has 2 nitrogen and oxygen atoms in total. The summed E-state index contributed by atoms with van der Waals surface area (Å²) in [7, 11) is 0. The van der Waals surface area contributed by atoms with Crippen molar-refractivity contribution < 1.29 is 39.8 Å². The standard InChI is InChI=1S/C47H32N2/c1-31-18-19-37-30-39(25-24-36(37)28-31)49-43-17-8-6-15-41(43)47-45(49)27-26-44-46(47)40-14-5-7-16-42(40)48(44)38-13-9-12-35(29-38)34-22-20-33(21-23-34)32-10-3-2-4-11-32/h2-30H,1H3/i2D,3D,4D,5D,6D,7D,8D,9D,10D,11D,12D,13D,14D,15D,16D,17D,18D,19D,20D,21D,22D,23D,24D,25D,26D,27D,28D,29D,30D. The summed E-state index contributed by atoms with van der Waals surface area (Å²) < 4.78 is 263. The molecule has 0 aliphatic heterocycles. The number of fused-ring (bicyclic) bond motifs is 8. The lowest BCUT2D eigenvalue weighted by atomic mass is 10.00. The zero-order valence-electron chi connectivity index (χ0n) is 53.9. The smallest absolute Gasteiger partial charge is 0.0651 e. The Hall–Kier alpha value is -6.38. The second-order valence-electron chi connectivity index (χ2n) is 10.8. The van der Waals surface area contributed by atoms with Crippen LogP contribution in [0.1, 0.15) is 45.3 Å². The van der Waals surface area contributed by atoms with E-state index in [0.29, 0.717) is 4.57 Å². The quantitative estimate of drug-likeness (QED) is 0.179. The Balaban J connectivity index is 1.46. The predicted octanol–water partition coefficient (Wildman–Crippen LogP) is 12.7. The van der Waals surface area contributed by atoms with Gasteiger partial charge in [-0.05, 0) is 88.3 Å². The predicted molar refractivity (Wildman–Crippen MR) is 208 cm³/mol. The van der Waals surface area contributed by atoms with E-state index in [1.165, 1.54) is 6.92 Å². The van der Waals surface area contributed by atoms with Gasteiger partial charge in [-0.15, -0.1) is 0 Å². The number of aromatic nitrogens is 2. The second-order valence-corrected chi connectivity index (χ2v) is 10.8. The molecule has 230 valence electrons. The lowest BCUT2D eigenvalue weighted by molar-refractivity contribution is 1.17. The van der Waals surface area contributed by atoms with Crippen LogP contribution >= 0.6 is 0 Å². The van der Waals surface area contributed by atoms with Crippen molar-refractivity contribution in [2.24, 2.45) is 0 Å². The van der Waals surface area contributed by atoms with Crippen LogP contribution in [0.25, 0.3) is 88.0 Å². The van der Waals surface area contributed by atoms with Crippen molar-refractivity contribution in [2.75, 3.05) is 0 Å². The van der Waals surface area contributed by atoms with Crippen molar-refractivity contribution >= 4 is 54.4 Å². The van der Waals surface area contributed by atoms with Gasteiger partial charge in [-0.3, -0.25) is 0 Å². The molecule has 0 fully saturated rings. The normalized spacial score (nSPS) is 20.1. The molecule has 2 heteroatoms. The third kappa shape index (κ3) is 4.35. The van der Waals surface area contributed by atoms with E-state index in [1.807, 2.05) is 0 Å². The van der Waals surface area contributed by atoms with Gasteiger partial charge >= 0.3 is 0 Å². The van der Waals surface area contributed by atoms with Crippen LogP contribution in [0.3, 0.4) is 0 Å². The monoisotopic (exact) mass is 653 g/mol. The van der Waals surface area contributed by atoms with Crippen LogP contribution in [-0.2, 0) is 0 Å². The largest absolute Gasteiger partial charge is 0.309 e. The van der Waals surface area contributed by atoms with Crippen molar-refractivity contribution in [1.29, 1.82) is 0 Å². The molecule has 8 aromatic carbocycles. The fraction of sp³-hybridized carbons (Fsp3) is 0.0213. The zero-order valence-corrected chi connectivity index (χ0v) is 24.9. The molecule has 0 spiro atoms. The van der Waals surface area contributed by atoms with Gasteiger partial charge in [-0.1, -0.05) is 132 Å². The number of rotatable bonds is 4. The highest BCUT2D eigenvalue weighted by atomic mass is 15.0. The van der Waals surface area contributed by atoms with Crippen LogP contribution in [0.4, 0.5) is 0 Å². The first-order valence-corrected chi connectivity index (χ1v) is 14.6. The van der Waals surface area contributed by atoms with Crippen molar-refractivity contribution in [1.82, 2.24) is 9.13 Å².